The van der Waals surface area contributed by atoms with Crippen LogP contribution in [0.3, 0.4) is 0 Å². The molecule has 0 saturated heterocycles. The minimum Gasteiger partial charge on any atom is -0.399 e. The number of hydrogen-bond acceptors (Lipinski definition) is 3. The molecular formula is C15H21N3O2S. The van der Waals surface area contributed by atoms with Crippen LogP contribution in [-0.4, -0.2) is 19.9 Å². The Kier molecular flexibility index (Phi) is 3.67. The Morgan fingerprint density at radius 2 is 2.19 bits per heavy atom. The molecule has 0 radical (unpaired) electrons. The molecule has 2 unspecified atom stereocenters. The first kappa shape index (κ1) is 14.4. The summed E-state index contributed by atoms with van der Waals surface area (Å²) in [4.78, 5) is 3.26. The number of anilines is 1. The Labute approximate surface area is 125 Å². The third kappa shape index (κ3) is 2.91. The molecule has 5 nitrogen and oxygen atoms in total. The number of H-pyrrole nitrogens is 1. The molecule has 1 aromatic heterocycles. The lowest BCUT2D eigenvalue weighted by molar-refractivity contribution is 0.498. The quantitative estimate of drug-likeness (QED) is 0.758. The molecule has 2 aromatic rings. The summed E-state index contributed by atoms with van der Waals surface area (Å²) in [7, 11) is -3.50. The van der Waals surface area contributed by atoms with Gasteiger partial charge in [-0.05, 0) is 42.9 Å². The highest BCUT2D eigenvalue weighted by Crippen LogP contribution is 2.30. The predicted molar refractivity (Wildman–Crippen MR) is 84.4 cm³/mol. The zero-order chi connectivity index (χ0) is 15.0. The van der Waals surface area contributed by atoms with Gasteiger partial charge in [0.1, 0.15) is 4.90 Å². The molecule has 114 valence electrons. The lowest BCUT2D eigenvalue weighted by Crippen LogP contribution is -2.28. The third-order valence-corrected chi connectivity index (χ3v) is 5.79. The van der Waals surface area contributed by atoms with Gasteiger partial charge in [0, 0.05) is 29.3 Å². The highest BCUT2D eigenvalue weighted by Gasteiger charge is 2.25. The second-order valence-corrected chi connectivity index (χ2v) is 7.83. The van der Waals surface area contributed by atoms with E-state index in [2.05, 4.69) is 16.6 Å². The van der Waals surface area contributed by atoms with Crippen LogP contribution in [0.2, 0.25) is 0 Å². The molecule has 4 N–H and O–H groups in total. The SMILES string of the molecule is CC1CCC(CNS(=O)(=O)c2c[nH]c3ccc(N)cc23)C1. The number of nitrogens with one attached hydrogen (secondary N) is 2. The monoisotopic (exact) mass is 307 g/mol. The average Bonchev–Trinajstić information content (AvgIpc) is 3.02. The van der Waals surface area contributed by atoms with Crippen molar-refractivity contribution in [1.82, 2.24) is 9.71 Å². The Morgan fingerprint density at radius 1 is 1.38 bits per heavy atom. The largest absolute Gasteiger partial charge is 0.399 e. The molecule has 1 aliphatic carbocycles. The van der Waals surface area contributed by atoms with E-state index in [1.54, 1.807) is 18.2 Å². The molecule has 1 fully saturated rings. The van der Waals surface area contributed by atoms with Crippen molar-refractivity contribution in [3.8, 4) is 0 Å². The normalized spacial score (nSPS) is 22.9. The van der Waals surface area contributed by atoms with Gasteiger partial charge in [-0.3, -0.25) is 0 Å². The number of nitrogens with two attached hydrogens (primary N) is 1. The summed E-state index contributed by atoms with van der Waals surface area (Å²) in [5.41, 5.74) is 7.09. The molecule has 1 saturated carbocycles. The van der Waals surface area contributed by atoms with Gasteiger partial charge in [0.15, 0.2) is 0 Å². The van der Waals surface area contributed by atoms with E-state index < -0.39 is 10.0 Å². The van der Waals surface area contributed by atoms with Crippen molar-refractivity contribution in [2.24, 2.45) is 11.8 Å². The Balaban J connectivity index is 1.81. The number of benzene rings is 1. The second kappa shape index (κ2) is 5.35. The van der Waals surface area contributed by atoms with E-state index in [0.29, 0.717) is 29.5 Å². The van der Waals surface area contributed by atoms with Crippen molar-refractivity contribution < 1.29 is 8.42 Å². The van der Waals surface area contributed by atoms with Gasteiger partial charge in [-0.2, -0.15) is 0 Å². The number of nitrogen functional groups attached to an aromatic ring is 1. The highest BCUT2D eigenvalue weighted by atomic mass is 32.2. The van der Waals surface area contributed by atoms with Gasteiger partial charge < -0.3 is 10.7 Å². The van der Waals surface area contributed by atoms with Crippen LogP contribution >= 0.6 is 0 Å². The molecule has 1 heterocycles. The smallest absolute Gasteiger partial charge is 0.242 e. The fourth-order valence-electron chi connectivity index (χ4n) is 3.15. The van der Waals surface area contributed by atoms with E-state index in [-0.39, 0.29) is 4.90 Å². The van der Waals surface area contributed by atoms with Gasteiger partial charge in [-0.1, -0.05) is 13.3 Å². The highest BCUT2D eigenvalue weighted by molar-refractivity contribution is 7.89. The van der Waals surface area contributed by atoms with Crippen molar-refractivity contribution in [1.29, 1.82) is 0 Å². The molecular weight excluding hydrogens is 286 g/mol. The average molecular weight is 307 g/mol. The van der Waals surface area contributed by atoms with Gasteiger partial charge in [0.2, 0.25) is 10.0 Å². The van der Waals surface area contributed by atoms with Crippen LogP contribution in [0, 0.1) is 11.8 Å². The van der Waals surface area contributed by atoms with Crippen molar-refractivity contribution in [3.63, 3.8) is 0 Å². The lowest BCUT2D eigenvalue weighted by Gasteiger charge is -2.11. The molecule has 0 bridgehead atoms. The number of sulfonamides is 1. The number of hydrogen-bond donors (Lipinski definition) is 3. The second-order valence-electron chi connectivity index (χ2n) is 6.09. The standard InChI is InChI=1S/C15H21N3O2S/c1-10-2-3-11(6-10)8-18-21(19,20)15-9-17-14-5-4-12(16)7-13(14)15/h4-5,7,9-11,17-18H,2-3,6,8,16H2,1H3. The lowest BCUT2D eigenvalue weighted by atomic mass is 10.1. The minimum absolute atomic E-state index is 0.274. The maximum Gasteiger partial charge on any atom is 0.242 e. The molecule has 0 spiro atoms. The molecule has 1 aromatic carbocycles. The molecule has 3 rings (SSSR count). The van der Waals surface area contributed by atoms with Gasteiger partial charge in [0.25, 0.3) is 0 Å². The third-order valence-electron chi connectivity index (χ3n) is 4.32. The maximum atomic E-state index is 12.5. The van der Waals surface area contributed by atoms with Gasteiger partial charge in [-0.25, -0.2) is 13.1 Å². The predicted octanol–water partition coefficient (Wildman–Crippen LogP) is 2.46. The van der Waals surface area contributed by atoms with Crippen LogP contribution in [0.5, 0.6) is 0 Å². The van der Waals surface area contributed by atoms with E-state index in [1.165, 1.54) is 12.6 Å². The van der Waals surface area contributed by atoms with Crippen LogP contribution in [-0.2, 0) is 10.0 Å². The summed E-state index contributed by atoms with van der Waals surface area (Å²) in [6.07, 6.45) is 4.92. The van der Waals surface area contributed by atoms with E-state index in [9.17, 15) is 8.42 Å². The molecule has 0 amide bonds. The van der Waals surface area contributed by atoms with E-state index >= 15 is 0 Å². The van der Waals surface area contributed by atoms with Gasteiger partial charge >= 0.3 is 0 Å². The van der Waals surface area contributed by atoms with Gasteiger partial charge in [-0.15, -0.1) is 0 Å². The first-order chi connectivity index (χ1) is 9.95. The zero-order valence-electron chi connectivity index (χ0n) is 12.1. The summed E-state index contributed by atoms with van der Waals surface area (Å²) >= 11 is 0. The summed E-state index contributed by atoms with van der Waals surface area (Å²) < 4.78 is 27.7. The van der Waals surface area contributed by atoms with E-state index in [4.69, 9.17) is 5.73 Å². The maximum absolute atomic E-state index is 12.5. The fraction of sp³-hybridized carbons (Fsp3) is 0.467. The molecule has 0 aliphatic heterocycles. The Morgan fingerprint density at radius 3 is 2.90 bits per heavy atom. The van der Waals surface area contributed by atoms with Crippen LogP contribution in [0.25, 0.3) is 10.9 Å². The minimum atomic E-state index is -3.50. The molecule has 21 heavy (non-hydrogen) atoms. The van der Waals surface area contributed by atoms with Crippen LogP contribution in [0.15, 0.2) is 29.3 Å². The van der Waals surface area contributed by atoms with Crippen molar-refractivity contribution >= 4 is 26.6 Å². The van der Waals surface area contributed by atoms with Crippen molar-refractivity contribution in [3.05, 3.63) is 24.4 Å². The summed E-state index contributed by atoms with van der Waals surface area (Å²) in [6.45, 7) is 2.73. The first-order valence-corrected chi connectivity index (χ1v) is 8.80. The van der Waals surface area contributed by atoms with Crippen molar-refractivity contribution in [2.75, 3.05) is 12.3 Å². The fourth-order valence-corrected chi connectivity index (χ4v) is 4.43. The summed E-state index contributed by atoms with van der Waals surface area (Å²) in [5, 5.41) is 0.641. The Hall–Kier alpha value is -1.53. The first-order valence-electron chi connectivity index (χ1n) is 7.32. The molecule has 1 aliphatic rings. The Bertz CT molecular complexity index is 751. The van der Waals surface area contributed by atoms with Crippen molar-refractivity contribution in [2.45, 2.75) is 31.1 Å². The number of aromatic nitrogens is 1. The van der Waals surface area contributed by atoms with E-state index in [1.807, 2.05) is 0 Å². The number of fused-ring (bicyclic) bond motifs is 1. The van der Waals surface area contributed by atoms with Crippen LogP contribution < -0.4 is 10.5 Å². The number of aromatic amines is 1. The van der Waals surface area contributed by atoms with Gasteiger partial charge in [0.05, 0.1) is 0 Å². The summed E-state index contributed by atoms with van der Waals surface area (Å²) in [6, 6.07) is 5.24. The van der Waals surface area contributed by atoms with Crippen LogP contribution in [0.4, 0.5) is 5.69 Å². The number of rotatable bonds is 4. The topological polar surface area (TPSA) is 88.0 Å². The zero-order valence-corrected chi connectivity index (χ0v) is 12.9. The summed E-state index contributed by atoms with van der Waals surface area (Å²) in [5.74, 6) is 1.15. The molecule has 6 heteroatoms. The van der Waals surface area contributed by atoms with Crippen LogP contribution in [0.1, 0.15) is 26.2 Å². The molecule has 2 atom stereocenters. The van der Waals surface area contributed by atoms with E-state index in [0.717, 1.165) is 18.4 Å².